The maximum Gasteiger partial charge on any atom is 0.303 e. The van der Waals surface area contributed by atoms with Crippen LogP contribution in [0.2, 0.25) is 0 Å². The Kier molecular flexibility index (Phi) is 6.88. The van der Waals surface area contributed by atoms with Crippen LogP contribution in [-0.4, -0.2) is 68.1 Å². The molecular formula is C17H22N2O8S. The number of aliphatic carboxylic acids is 1. The number of imide groups is 1. The summed E-state index contributed by atoms with van der Waals surface area (Å²) < 4.78 is 24.1. The predicted molar refractivity (Wildman–Crippen MR) is 99.0 cm³/mol. The monoisotopic (exact) mass is 414 g/mol. The molecule has 154 valence electrons. The SMILES string of the molecule is CC(C)(CC(=O)O)CN1C(=O)c2ccc(N(CCO)COS(=O)O)cc2C1=O. The normalized spacial score (nSPS) is 14.9. The summed E-state index contributed by atoms with van der Waals surface area (Å²) in [6.07, 6.45) is -0.203. The van der Waals surface area contributed by atoms with Crippen molar-refractivity contribution in [3.8, 4) is 0 Å². The molecule has 1 aromatic rings. The Bertz CT molecular complexity index is 810. The number of nitrogens with zero attached hydrogens (tertiary/aromatic N) is 2. The van der Waals surface area contributed by atoms with E-state index in [-0.39, 0.29) is 44.0 Å². The van der Waals surface area contributed by atoms with Crippen molar-refractivity contribution in [3.63, 3.8) is 0 Å². The number of aliphatic hydroxyl groups excluding tert-OH is 1. The number of carbonyl (C=O) groups is 3. The third kappa shape index (κ3) is 5.13. The summed E-state index contributed by atoms with van der Waals surface area (Å²) in [6.45, 7) is 2.78. The second-order valence-electron chi connectivity index (χ2n) is 7.11. The lowest BCUT2D eigenvalue weighted by Crippen LogP contribution is -2.39. The van der Waals surface area contributed by atoms with Gasteiger partial charge in [-0.05, 0) is 23.6 Å². The van der Waals surface area contributed by atoms with Gasteiger partial charge in [-0.3, -0.25) is 23.8 Å². The summed E-state index contributed by atoms with van der Waals surface area (Å²) in [5.41, 5.74) is -0.0486. The van der Waals surface area contributed by atoms with Crippen molar-refractivity contribution in [3.05, 3.63) is 29.3 Å². The van der Waals surface area contributed by atoms with Crippen LogP contribution in [0.3, 0.4) is 0 Å². The van der Waals surface area contributed by atoms with E-state index in [2.05, 4.69) is 4.18 Å². The van der Waals surface area contributed by atoms with Gasteiger partial charge < -0.3 is 15.1 Å². The number of amides is 2. The Labute approximate surface area is 164 Å². The van der Waals surface area contributed by atoms with E-state index in [1.54, 1.807) is 13.8 Å². The first-order chi connectivity index (χ1) is 13.1. The highest BCUT2D eigenvalue weighted by Gasteiger charge is 2.39. The molecule has 3 N–H and O–H groups in total. The van der Waals surface area contributed by atoms with Gasteiger partial charge in [-0.1, -0.05) is 13.8 Å². The molecule has 2 amide bonds. The first-order valence-electron chi connectivity index (χ1n) is 8.37. The minimum absolute atomic E-state index is 0.0477. The number of hydrogen-bond donors (Lipinski definition) is 3. The Morgan fingerprint density at radius 2 is 1.89 bits per heavy atom. The predicted octanol–water partition coefficient (Wildman–Crippen LogP) is 0.693. The lowest BCUT2D eigenvalue weighted by atomic mass is 9.89. The van der Waals surface area contributed by atoms with Gasteiger partial charge in [0.15, 0.2) is 0 Å². The molecule has 11 heteroatoms. The molecule has 28 heavy (non-hydrogen) atoms. The molecule has 0 saturated heterocycles. The lowest BCUT2D eigenvalue weighted by molar-refractivity contribution is -0.139. The number of hydrogen-bond acceptors (Lipinski definition) is 7. The minimum Gasteiger partial charge on any atom is -0.481 e. The number of anilines is 1. The fraction of sp³-hybridized carbons (Fsp3) is 0.471. The van der Waals surface area contributed by atoms with E-state index in [4.69, 9.17) is 9.66 Å². The molecule has 1 aliphatic heterocycles. The van der Waals surface area contributed by atoms with Crippen LogP contribution in [0.25, 0.3) is 0 Å². The molecule has 2 rings (SSSR count). The van der Waals surface area contributed by atoms with Crippen molar-refractivity contribution in [2.24, 2.45) is 5.41 Å². The fourth-order valence-electron chi connectivity index (χ4n) is 3.01. The van der Waals surface area contributed by atoms with E-state index in [1.807, 2.05) is 0 Å². The van der Waals surface area contributed by atoms with Gasteiger partial charge in [0, 0.05) is 18.8 Å². The molecule has 1 aromatic carbocycles. The van der Waals surface area contributed by atoms with Crippen molar-refractivity contribution in [1.29, 1.82) is 0 Å². The van der Waals surface area contributed by atoms with Gasteiger partial charge in [0.1, 0.15) is 6.73 Å². The number of carboxylic acid groups (broad SMARTS) is 1. The zero-order valence-corrected chi connectivity index (χ0v) is 16.3. The number of benzene rings is 1. The van der Waals surface area contributed by atoms with E-state index in [1.165, 1.54) is 23.1 Å². The molecule has 1 aliphatic rings. The maximum absolute atomic E-state index is 12.7. The Morgan fingerprint density at radius 3 is 2.46 bits per heavy atom. The smallest absolute Gasteiger partial charge is 0.303 e. The summed E-state index contributed by atoms with van der Waals surface area (Å²) in [5, 5.41) is 18.2. The van der Waals surface area contributed by atoms with Crippen molar-refractivity contribution < 1.29 is 37.5 Å². The van der Waals surface area contributed by atoms with Crippen LogP contribution >= 0.6 is 0 Å². The first kappa shape index (κ1) is 22.0. The number of carbonyl (C=O) groups excluding carboxylic acids is 2. The third-order valence-corrected chi connectivity index (χ3v) is 4.52. The largest absolute Gasteiger partial charge is 0.481 e. The van der Waals surface area contributed by atoms with Crippen LogP contribution in [0.15, 0.2) is 18.2 Å². The van der Waals surface area contributed by atoms with E-state index < -0.39 is 34.6 Å². The van der Waals surface area contributed by atoms with Gasteiger partial charge in [0.25, 0.3) is 11.8 Å². The second-order valence-corrected chi connectivity index (χ2v) is 7.78. The summed E-state index contributed by atoms with van der Waals surface area (Å²) in [5.74, 6) is -2.08. The van der Waals surface area contributed by atoms with Crippen molar-refractivity contribution in [2.45, 2.75) is 20.3 Å². The summed E-state index contributed by atoms with van der Waals surface area (Å²) in [7, 11) is 0. The van der Waals surface area contributed by atoms with Crippen molar-refractivity contribution in [2.75, 3.05) is 31.3 Å². The van der Waals surface area contributed by atoms with Crippen LogP contribution < -0.4 is 4.90 Å². The topological polar surface area (TPSA) is 145 Å². The molecule has 0 aliphatic carbocycles. The molecule has 0 radical (unpaired) electrons. The van der Waals surface area contributed by atoms with Gasteiger partial charge in [0.05, 0.1) is 24.2 Å². The van der Waals surface area contributed by atoms with Gasteiger partial charge in [-0.15, -0.1) is 0 Å². The Balaban J connectivity index is 2.26. The Morgan fingerprint density at radius 1 is 1.25 bits per heavy atom. The van der Waals surface area contributed by atoms with Crippen LogP contribution in [0.5, 0.6) is 0 Å². The van der Waals surface area contributed by atoms with Gasteiger partial charge >= 0.3 is 17.3 Å². The van der Waals surface area contributed by atoms with Crippen molar-refractivity contribution in [1.82, 2.24) is 4.90 Å². The zero-order chi connectivity index (χ0) is 21.1. The van der Waals surface area contributed by atoms with E-state index in [0.717, 1.165) is 4.90 Å². The molecule has 0 fully saturated rings. The second kappa shape index (κ2) is 8.78. The van der Waals surface area contributed by atoms with E-state index >= 15 is 0 Å². The highest BCUT2D eigenvalue weighted by atomic mass is 32.2. The molecular weight excluding hydrogens is 392 g/mol. The highest BCUT2D eigenvalue weighted by molar-refractivity contribution is 7.74. The number of aliphatic hydroxyl groups is 1. The first-order valence-corrected chi connectivity index (χ1v) is 9.41. The van der Waals surface area contributed by atoms with Gasteiger partial charge in [-0.25, -0.2) is 4.18 Å². The molecule has 1 unspecified atom stereocenters. The quantitative estimate of drug-likeness (QED) is 0.286. The van der Waals surface area contributed by atoms with Crippen LogP contribution in [0.1, 0.15) is 41.0 Å². The number of rotatable bonds is 10. The average Bonchev–Trinajstić information content (AvgIpc) is 2.81. The van der Waals surface area contributed by atoms with Gasteiger partial charge in [-0.2, -0.15) is 4.21 Å². The molecule has 0 aromatic heterocycles. The molecule has 0 saturated carbocycles. The fourth-order valence-corrected chi connectivity index (χ4v) is 3.23. The molecule has 0 spiro atoms. The van der Waals surface area contributed by atoms with Crippen molar-refractivity contribution >= 4 is 34.8 Å². The third-order valence-electron chi connectivity index (χ3n) is 4.21. The lowest BCUT2D eigenvalue weighted by Gasteiger charge is -2.27. The average molecular weight is 414 g/mol. The molecule has 1 atom stereocenters. The standard InChI is InChI=1S/C17H22N2O8S/c1-17(2,8-14(21)22)9-19-15(23)12-4-3-11(7-13(12)16(19)24)18(5-6-20)10-27-28(25)26/h3-4,7,20H,5-6,8-10H2,1-2H3,(H,21,22)(H,25,26). The van der Waals surface area contributed by atoms with Crippen LogP contribution in [0, 0.1) is 5.41 Å². The van der Waals surface area contributed by atoms with E-state index in [0.29, 0.717) is 5.69 Å². The molecule has 1 heterocycles. The van der Waals surface area contributed by atoms with Crippen LogP contribution in [0.4, 0.5) is 5.69 Å². The molecule has 0 bridgehead atoms. The van der Waals surface area contributed by atoms with Crippen LogP contribution in [-0.2, 0) is 20.3 Å². The summed E-state index contributed by atoms with van der Waals surface area (Å²) in [4.78, 5) is 38.8. The maximum atomic E-state index is 12.7. The summed E-state index contributed by atoms with van der Waals surface area (Å²) in [6, 6.07) is 4.43. The number of fused-ring (bicyclic) bond motifs is 1. The van der Waals surface area contributed by atoms with E-state index in [9.17, 15) is 23.7 Å². The van der Waals surface area contributed by atoms with Gasteiger partial charge in [0.2, 0.25) is 0 Å². The zero-order valence-electron chi connectivity index (χ0n) is 15.5. The minimum atomic E-state index is -2.50. The summed E-state index contributed by atoms with van der Waals surface area (Å²) >= 11 is -2.50. The molecule has 10 nitrogen and oxygen atoms in total. The Hall–Kier alpha value is -2.34. The highest BCUT2D eigenvalue weighted by Crippen LogP contribution is 2.31. The number of carboxylic acids is 1.